The van der Waals surface area contributed by atoms with E-state index in [9.17, 15) is 28.9 Å². The van der Waals surface area contributed by atoms with Crippen molar-refractivity contribution in [1.29, 1.82) is 0 Å². The lowest BCUT2D eigenvalue weighted by Gasteiger charge is -2.17. The number of carbonyl (C=O) groups is 2. The van der Waals surface area contributed by atoms with E-state index in [0.717, 1.165) is 0 Å². The van der Waals surface area contributed by atoms with Gasteiger partial charge in [0.25, 0.3) is 5.56 Å². The van der Waals surface area contributed by atoms with Crippen LogP contribution in [0, 0.1) is 5.92 Å². The molecule has 0 fully saturated rings. The highest BCUT2D eigenvalue weighted by molar-refractivity contribution is 7.66. The monoisotopic (exact) mass is 475 g/mol. The van der Waals surface area contributed by atoms with E-state index in [1.54, 1.807) is 24.4 Å². The predicted octanol–water partition coefficient (Wildman–Crippen LogP) is 0.974. The third-order valence-electron chi connectivity index (χ3n) is 4.93. The Morgan fingerprint density at radius 1 is 1.21 bits per heavy atom. The molecule has 0 radical (unpaired) electrons. The molecule has 2 heterocycles. The number of hydrogen-bond acceptors (Lipinski definition) is 8. The second kappa shape index (κ2) is 9.80. The molecule has 1 aromatic carbocycles. The van der Waals surface area contributed by atoms with Crippen LogP contribution in [-0.2, 0) is 20.7 Å². The minimum Gasteiger partial charge on any atom is -0.481 e. The minimum atomic E-state index is -4.02. The Morgan fingerprint density at radius 2 is 1.91 bits per heavy atom. The normalized spacial score (nSPS) is 13.8. The molecule has 0 spiro atoms. The Morgan fingerprint density at radius 3 is 2.55 bits per heavy atom. The number of nitrogens with one attached hydrogen (secondary N) is 2. The Labute approximate surface area is 187 Å². The standard InChI is InChI=1S/C20H22N5O7P/c21-20-24-17-15(18(28)25-20)7-11(9-23-17)8-22-13-2-4-14(5-3-13)33(31,32)10-12(19(29)30)1-6-16(26)27/h2-5,7,9,12,22H,1,6,8,10H2,(H,26,27)(H,29,30)(H,31,32)(H3,21,23,24,25,28). The molecule has 3 rings (SSSR count). The van der Waals surface area contributed by atoms with Crippen LogP contribution in [0.3, 0.4) is 0 Å². The van der Waals surface area contributed by atoms with E-state index in [1.807, 2.05) is 0 Å². The van der Waals surface area contributed by atoms with Gasteiger partial charge in [0.15, 0.2) is 5.65 Å². The fraction of sp³-hybridized carbons (Fsp3) is 0.250. The summed E-state index contributed by atoms with van der Waals surface area (Å²) in [7, 11) is -4.02. The number of fused-ring (bicyclic) bond motifs is 1. The summed E-state index contributed by atoms with van der Waals surface area (Å²) >= 11 is 0. The third kappa shape index (κ3) is 6.15. The van der Waals surface area contributed by atoms with Gasteiger partial charge in [0.05, 0.1) is 11.3 Å². The van der Waals surface area contributed by atoms with Crippen molar-refractivity contribution in [1.82, 2.24) is 15.0 Å². The van der Waals surface area contributed by atoms with Gasteiger partial charge in [0.1, 0.15) is 0 Å². The van der Waals surface area contributed by atoms with Gasteiger partial charge in [-0.1, -0.05) is 0 Å². The molecule has 0 aliphatic rings. The first-order valence-electron chi connectivity index (χ1n) is 9.80. The summed E-state index contributed by atoms with van der Waals surface area (Å²) in [5, 5.41) is 21.4. The third-order valence-corrected chi connectivity index (χ3v) is 6.97. The fourth-order valence-corrected chi connectivity index (χ4v) is 4.95. The molecule has 2 aromatic heterocycles. The maximum Gasteiger partial charge on any atom is 0.307 e. The summed E-state index contributed by atoms with van der Waals surface area (Å²) in [5.41, 5.74) is 6.63. The average molecular weight is 475 g/mol. The number of nitrogens with zero attached hydrogens (tertiary/aromatic N) is 2. The molecule has 0 aliphatic heterocycles. The first-order chi connectivity index (χ1) is 15.5. The lowest BCUT2D eigenvalue weighted by molar-refractivity contribution is -0.142. The smallest absolute Gasteiger partial charge is 0.307 e. The summed E-state index contributed by atoms with van der Waals surface area (Å²) in [6.45, 7) is 0.305. The summed E-state index contributed by atoms with van der Waals surface area (Å²) < 4.78 is 12.7. The number of nitrogens with two attached hydrogens (primary N) is 1. The van der Waals surface area contributed by atoms with Gasteiger partial charge < -0.3 is 26.2 Å². The molecule has 0 aliphatic carbocycles. The SMILES string of the molecule is Nc1nc2ncc(CNc3ccc(P(=O)(O)CC(CCC(=O)O)C(=O)O)cc3)cc2c(=O)[nH]1. The van der Waals surface area contributed by atoms with Crippen LogP contribution >= 0.6 is 7.37 Å². The maximum atomic E-state index is 12.7. The lowest BCUT2D eigenvalue weighted by atomic mass is 10.1. The summed E-state index contributed by atoms with van der Waals surface area (Å²) in [6, 6.07) is 7.58. The number of pyridine rings is 1. The molecule has 13 heteroatoms. The topological polar surface area (TPSA) is 209 Å². The van der Waals surface area contributed by atoms with Crippen molar-refractivity contribution in [3.8, 4) is 0 Å². The summed E-state index contributed by atoms with van der Waals surface area (Å²) in [4.78, 5) is 54.9. The van der Waals surface area contributed by atoms with Crippen LogP contribution in [-0.4, -0.2) is 48.2 Å². The number of anilines is 2. The Kier molecular flexibility index (Phi) is 7.10. The van der Waals surface area contributed by atoms with E-state index in [0.29, 0.717) is 17.8 Å². The Bertz CT molecular complexity index is 1290. The van der Waals surface area contributed by atoms with E-state index < -0.39 is 43.4 Å². The van der Waals surface area contributed by atoms with Gasteiger partial charge >= 0.3 is 11.9 Å². The van der Waals surface area contributed by atoms with Crippen molar-refractivity contribution in [3.05, 3.63) is 52.4 Å². The van der Waals surface area contributed by atoms with Crippen LogP contribution in [0.5, 0.6) is 0 Å². The fourth-order valence-electron chi connectivity index (χ4n) is 3.19. The van der Waals surface area contributed by atoms with Crippen LogP contribution in [0.15, 0.2) is 41.3 Å². The van der Waals surface area contributed by atoms with Crippen molar-refractivity contribution in [2.45, 2.75) is 19.4 Å². The molecule has 2 unspecified atom stereocenters. The van der Waals surface area contributed by atoms with Crippen molar-refractivity contribution >= 4 is 47.3 Å². The van der Waals surface area contributed by atoms with Crippen LogP contribution in [0.4, 0.5) is 11.6 Å². The van der Waals surface area contributed by atoms with Crippen molar-refractivity contribution in [3.63, 3.8) is 0 Å². The molecule has 0 saturated heterocycles. The molecule has 0 bridgehead atoms. The van der Waals surface area contributed by atoms with E-state index >= 15 is 0 Å². The second-order valence-electron chi connectivity index (χ2n) is 7.42. The highest BCUT2D eigenvalue weighted by atomic mass is 31.2. The molecular weight excluding hydrogens is 453 g/mol. The zero-order valence-corrected chi connectivity index (χ0v) is 18.2. The van der Waals surface area contributed by atoms with Crippen molar-refractivity contribution < 1.29 is 29.3 Å². The van der Waals surface area contributed by atoms with Crippen molar-refractivity contribution in [2.24, 2.45) is 5.92 Å². The number of rotatable bonds is 10. The van der Waals surface area contributed by atoms with Gasteiger partial charge in [-0.25, -0.2) is 4.98 Å². The second-order valence-corrected chi connectivity index (χ2v) is 9.70. The first kappa shape index (κ1) is 23.9. The average Bonchev–Trinajstić information content (AvgIpc) is 2.75. The highest BCUT2D eigenvalue weighted by Crippen LogP contribution is 2.42. The lowest BCUT2D eigenvalue weighted by Crippen LogP contribution is -2.22. The molecule has 12 nitrogen and oxygen atoms in total. The molecule has 3 aromatic rings. The van der Waals surface area contributed by atoms with E-state index in [2.05, 4.69) is 20.3 Å². The molecule has 0 saturated carbocycles. The van der Waals surface area contributed by atoms with Gasteiger partial charge in [-0.3, -0.25) is 23.9 Å². The number of hydrogen-bond donors (Lipinski definition) is 6. The van der Waals surface area contributed by atoms with Crippen LogP contribution in [0.25, 0.3) is 11.0 Å². The van der Waals surface area contributed by atoms with E-state index in [-0.39, 0.29) is 28.7 Å². The number of carboxylic acids is 2. The van der Waals surface area contributed by atoms with Gasteiger partial charge in [-0.15, -0.1) is 0 Å². The van der Waals surface area contributed by atoms with Gasteiger partial charge in [0.2, 0.25) is 13.3 Å². The number of aromatic nitrogens is 3. The predicted molar refractivity (Wildman–Crippen MR) is 121 cm³/mol. The number of carboxylic acid groups (broad SMARTS) is 2. The number of benzene rings is 1. The molecular formula is C20H22N5O7P. The van der Waals surface area contributed by atoms with E-state index in [4.69, 9.17) is 10.8 Å². The maximum absolute atomic E-state index is 12.7. The van der Waals surface area contributed by atoms with Crippen LogP contribution < -0.4 is 21.9 Å². The number of aromatic amines is 1. The summed E-state index contributed by atoms with van der Waals surface area (Å²) in [5.74, 6) is -3.76. The quantitative estimate of drug-likeness (QED) is 0.228. The minimum absolute atomic E-state index is 0.0244. The molecule has 33 heavy (non-hydrogen) atoms. The Balaban J connectivity index is 1.67. The van der Waals surface area contributed by atoms with Crippen LogP contribution in [0.1, 0.15) is 18.4 Å². The van der Waals surface area contributed by atoms with Gasteiger partial charge in [-0.05, 0) is 42.3 Å². The molecule has 0 amide bonds. The largest absolute Gasteiger partial charge is 0.481 e. The number of H-pyrrole nitrogens is 1. The number of nitrogen functional groups attached to an aromatic ring is 1. The molecule has 7 N–H and O–H groups in total. The number of aliphatic carboxylic acids is 2. The zero-order chi connectivity index (χ0) is 24.2. The Hall–Kier alpha value is -3.76. The van der Waals surface area contributed by atoms with Gasteiger partial charge in [-0.2, -0.15) is 4.98 Å². The molecule has 174 valence electrons. The summed E-state index contributed by atoms with van der Waals surface area (Å²) in [6.07, 6.45) is 0.345. The first-order valence-corrected chi connectivity index (χ1v) is 11.6. The van der Waals surface area contributed by atoms with Crippen LogP contribution in [0.2, 0.25) is 0 Å². The van der Waals surface area contributed by atoms with E-state index in [1.165, 1.54) is 12.1 Å². The van der Waals surface area contributed by atoms with Crippen molar-refractivity contribution in [2.75, 3.05) is 17.2 Å². The highest BCUT2D eigenvalue weighted by Gasteiger charge is 2.30. The zero-order valence-electron chi connectivity index (χ0n) is 17.3. The van der Waals surface area contributed by atoms with Gasteiger partial charge in [0, 0.05) is 36.3 Å². The molecule has 2 atom stereocenters.